The predicted molar refractivity (Wildman–Crippen MR) is 124 cm³/mol. The van der Waals surface area contributed by atoms with Crippen LogP contribution in [0.4, 0.5) is 9.59 Å². The number of rotatable bonds is 2. The molecule has 3 aliphatic rings. The summed E-state index contributed by atoms with van der Waals surface area (Å²) in [6.07, 6.45) is -3.08. The van der Waals surface area contributed by atoms with Crippen molar-refractivity contribution in [3.05, 3.63) is 0 Å². The van der Waals surface area contributed by atoms with Crippen LogP contribution in [0, 0.1) is 0 Å². The minimum absolute atomic E-state index is 0.130. The first kappa shape index (κ1) is 27.6. The summed E-state index contributed by atoms with van der Waals surface area (Å²) in [4.78, 5) is 29.2. The number of hydrogen-bond donors (Lipinski definition) is 2. The molecule has 3 heterocycles. The first-order valence-corrected chi connectivity index (χ1v) is 11.7. The van der Waals surface area contributed by atoms with E-state index in [2.05, 4.69) is 15.6 Å². The molecule has 0 bridgehead atoms. The highest BCUT2D eigenvalue weighted by molar-refractivity contribution is 6.01. The quantitative estimate of drug-likeness (QED) is 0.432. The van der Waals surface area contributed by atoms with Crippen LogP contribution in [-0.2, 0) is 33.2 Å². The minimum Gasteiger partial charge on any atom is -0.444 e. The van der Waals surface area contributed by atoms with Crippen molar-refractivity contribution in [2.45, 2.75) is 116 Å². The van der Waals surface area contributed by atoms with E-state index in [0.717, 1.165) is 0 Å². The standard InChI is InChI=1S/C23H39N3O9/c1-19(2,3)33-17(27)25-16(26-18(28)34-20(4,5)6)24-12-23-15(32-22(9,10)35-23)14-13(11-29-23)30-21(7,8)31-14/h13-15H,11-12H2,1-10H3,(H2,24,25,26,27,28)/t13-,14-,15+,23+/m1/s1. The highest BCUT2D eigenvalue weighted by atomic mass is 16.9. The highest BCUT2D eigenvalue weighted by Gasteiger charge is 2.65. The molecule has 4 atom stereocenters. The Morgan fingerprint density at radius 2 is 1.43 bits per heavy atom. The number of aliphatic imine (C=N–C) groups is 1. The zero-order valence-electron chi connectivity index (χ0n) is 22.3. The van der Waals surface area contributed by atoms with E-state index >= 15 is 0 Å². The van der Waals surface area contributed by atoms with Crippen LogP contribution in [0.2, 0.25) is 0 Å². The summed E-state index contributed by atoms with van der Waals surface area (Å²) in [5.41, 5.74) is -1.52. The maximum Gasteiger partial charge on any atom is 0.414 e. The lowest BCUT2D eigenvalue weighted by molar-refractivity contribution is -0.274. The summed E-state index contributed by atoms with van der Waals surface area (Å²) in [5.74, 6) is -3.34. The fraction of sp³-hybridized carbons (Fsp3) is 0.870. The van der Waals surface area contributed by atoms with E-state index < -0.39 is 53.0 Å². The van der Waals surface area contributed by atoms with Crippen molar-refractivity contribution < 1.29 is 42.7 Å². The van der Waals surface area contributed by atoms with Gasteiger partial charge in [-0.2, -0.15) is 0 Å². The van der Waals surface area contributed by atoms with Gasteiger partial charge in [-0.1, -0.05) is 0 Å². The number of guanidine groups is 1. The van der Waals surface area contributed by atoms with Crippen LogP contribution in [0.5, 0.6) is 0 Å². The average Bonchev–Trinajstić information content (AvgIpc) is 3.07. The molecular weight excluding hydrogens is 462 g/mol. The Balaban J connectivity index is 1.84. The molecular formula is C23H39N3O9. The molecule has 2 N–H and O–H groups in total. The van der Waals surface area contributed by atoms with Crippen LogP contribution in [0.15, 0.2) is 4.99 Å². The van der Waals surface area contributed by atoms with Crippen LogP contribution < -0.4 is 10.6 Å². The first-order valence-electron chi connectivity index (χ1n) is 11.7. The summed E-state index contributed by atoms with van der Waals surface area (Å²) in [7, 11) is 0. The van der Waals surface area contributed by atoms with Gasteiger partial charge in [-0.3, -0.25) is 10.6 Å². The van der Waals surface area contributed by atoms with Crippen molar-refractivity contribution in [2.75, 3.05) is 13.2 Å². The molecule has 3 fully saturated rings. The second-order valence-corrected chi connectivity index (χ2v) is 11.7. The molecule has 0 aromatic rings. The number of amides is 2. The smallest absolute Gasteiger partial charge is 0.414 e. The van der Waals surface area contributed by atoms with Gasteiger partial charge >= 0.3 is 12.2 Å². The molecule has 0 aromatic carbocycles. The lowest BCUT2D eigenvalue weighted by Gasteiger charge is -2.39. The third-order valence-corrected chi connectivity index (χ3v) is 4.97. The SMILES string of the molecule is CC(C)(C)OC(=O)NC(=NC[C@@]12OC[C@H]3OC(C)(C)O[C@H]3[C@@H]1OC(C)(C)O2)NC(=O)OC(C)(C)C. The summed E-state index contributed by atoms with van der Waals surface area (Å²) < 4.78 is 41.0. The summed E-state index contributed by atoms with van der Waals surface area (Å²) in [5, 5.41) is 4.91. The number of fused-ring (bicyclic) bond motifs is 3. The number of nitrogens with zero attached hydrogens (tertiary/aromatic N) is 1. The Morgan fingerprint density at radius 1 is 0.886 bits per heavy atom. The van der Waals surface area contributed by atoms with Crippen LogP contribution >= 0.6 is 0 Å². The van der Waals surface area contributed by atoms with Gasteiger partial charge in [0.05, 0.1) is 13.2 Å². The van der Waals surface area contributed by atoms with E-state index in [1.165, 1.54) is 0 Å². The molecule has 0 saturated carbocycles. The monoisotopic (exact) mass is 501 g/mol. The van der Waals surface area contributed by atoms with Gasteiger partial charge < -0.3 is 33.2 Å². The molecule has 35 heavy (non-hydrogen) atoms. The van der Waals surface area contributed by atoms with Crippen molar-refractivity contribution in [1.82, 2.24) is 10.6 Å². The van der Waals surface area contributed by atoms with Crippen molar-refractivity contribution in [3.8, 4) is 0 Å². The summed E-state index contributed by atoms with van der Waals surface area (Å²) in [6, 6.07) is 0. The van der Waals surface area contributed by atoms with E-state index in [-0.39, 0.29) is 25.2 Å². The van der Waals surface area contributed by atoms with Gasteiger partial charge in [0.2, 0.25) is 11.7 Å². The maximum absolute atomic E-state index is 12.4. The van der Waals surface area contributed by atoms with E-state index in [1.54, 1.807) is 55.4 Å². The van der Waals surface area contributed by atoms with Crippen molar-refractivity contribution in [1.29, 1.82) is 0 Å². The highest BCUT2D eigenvalue weighted by Crippen LogP contribution is 2.47. The molecule has 3 saturated heterocycles. The molecule has 12 nitrogen and oxygen atoms in total. The molecule has 3 aliphatic heterocycles. The average molecular weight is 502 g/mol. The van der Waals surface area contributed by atoms with E-state index in [4.69, 9.17) is 33.2 Å². The van der Waals surface area contributed by atoms with Gasteiger partial charge in [0.25, 0.3) is 0 Å². The van der Waals surface area contributed by atoms with Crippen molar-refractivity contribution in [2.24, 2.45) is 4.99 Å². The number of ether oxygens (including phenoxy) is 7. The molecule has 0 aromatic heterocycles. The van der Waals surface area contributed by atoms with Gasteiger partial charge in [-0.25, -0.2) is 14.6 Å². The predicted octanol–water partition coefficient (Wildman–Crippen LogP) is 2.79. The topological polar surface area (TPSA) is 135 Å². The number of alkyl carbamates (subject to hydrolysis) is 2. The van der Waals surface area contributed by atoms with Crippen molar-refractivity contribution >= 4 is 18.1 Å². The summed E-state index contributed by atoms with van der Waals surface area (Å²) in [6.45, 7) is 17.5. The normalized spacial score (nSPS) is 31.1. The minimum atomic E-state index is -1.34. The number of carbonyl (C=O) groups is 2. The number of nitrogens with one attached hydrogen (secondary N) is 2. The molecule has 0 radical (unpaired) electrons. The van der Waals surface area contributed by atoms with Gasteiger partial charge in [-0.05, 0) is 69.2 Å². The fourth-order valence-electron chi connectivity index (χ4n) is 4.06. The van der Waals surface area contributed by atoms with E-state index in [9.17, 15) is 9.59 Å². The molecule has 3 rings (SSSR count). The first-order chi connectivity index (χ1) is 15.8. The van der Waals surface area contributed by atoms with Crippen LogP contribution in [0.3, 0.4) is 0 Å². The second-order valence-electron chi connectivity index (χ2n) is 11.7. The van der Waals surface area contributed by atoms with E-state index in [1.807, 2.05) is 13.8 Å². The van der Waals surface area contributed by atoms with Crippen LogP contribution in [0.1, 0.15) is 69.2 Å². The van der Waals surface area contributed by atoms with Gasteiger partial charge in [0, 0.05) is 0 Å². The molecule has 200 valence electrons. The lowest BCUT2D eigenvalue weighted by atomic mass is 9.97. The molecule has 2 amide bonds. The Kier molecular flexibility index (Phi) is 7.21. The Hall–Kier alpha value is -1.99. The van der Waals surface area contributed by atoms with Crippen LogP contribution in [-0.4, -0.2) is 78.2 Å². The number of hydrogen-bond acceptors (Lipinski definition) is 10. The van der Waals surface area contributed by atoms with Gasteiger partial charge in [0.15, 0.2) is 11.6 Å². The zero-order chi connectivity index (χ0) is 26.4. The van der Waals surface area contributed by atoms with E-state index in [0.29, 0.717) is 0 Å². The maximum atomic E-state index is 12.4. The van der Waals surface area contributed by atoms with Crippen molar-refractivity contribution in [3.63, 3.8) is 0 Å². The number of carbonyl (C=O) groups excluding carboxylic acids is 2. The second kappa shape index (κ2) is 9.15. The van der Waals surface area contributed by atoms with Gasteiger partial charge in [0.1, 0.15) is 29.5 Å². The molecule has 12 heteroatoms. The summed E-state index contributed by atoms with van der Waals surface area (Å²) >= 11 is 0. The lowest BCUT2D eigenvalue weighted by Crippen LogP contribution is -2.60. The largest absolute Gasteiger partial charge is 0.444 e. The Bertz CT molecular complexity index is 827. The Morgan fingerprint density at radius 3 is 1.94 bits per heavy atom. The van der Waals surface area contributed by atoms with Crippen LogP contribution in [0.25, 0.3) is 0 Å². The van der Waals surface area contributed by atoms with Gasteiger partial charge in [-0.15, -0.1) is 0 Å². The molecule has 0 unspecified atom stereocenters. The fourth-order valence-corrected chi connectivity index (χ4v) is 4.06. The third-order valence-electron chi connectivity index (χ3n) is 4.97. The zero-order valence-corrected chi connectivity index (χ0v) is 22.3. The molecule has 0 aliphatic carbocycles. The Labute approximate surface area is 206 Å². The third kappa shape index (κ3) is 7.26. The molecule has 0 spiro atoms.